The Labute approximate surface area is 129 Å². The van der Waals surface area contributed by atoms with Crippen LogP contribution in [0.3, 0.4) is 0 Å². The molecule has 2 aromatic carbocycles. The molecule has 0 aliphatic carbocycles. The Morgan fingerprint density at radius 3 is 2.45 bits per heavy atom. The maximum Gasteiger partial charge on any atom is 0.258 e. The van der Waals surface area contributed by atoms with Gasteiger partial charge in [-0.05, 0) is 36.6 Å². The van der Waals surface area contributed by atoms with Crippen LogP contribution < -0.4 is 10.0 Å². The van der Waals surface area contributed by atoms with E-state index in [0.717, 1.165) is 11.3 Å². The van der Waals surface area contributed by atoms with Gasteiger partial charge in [-0.25, -0.2) is 0 Å². The Kier molecular flexibility index (Phi) is 3.92. The number of para-hydroxylation sites is 1. The third-order valence-electron chi connectivity index (χ3n) is 4.03. The van der Waals surface area contributed by atoms with Gasteiger partial charge in [0.2, 0.25) is 0 Å². The monoisotopic (exact) mass is 294 g/mol. The highest BCUT2D eigenvalue weighted by atomic mass is 16.4. The van der Waals surface area contributed by atoms with Crippen LogP contribution >= 0.6 is 0 Å². The molecule has 0 unspecified atom stereocenters. The van der Waals surface area contributed by atoms with Gasteiger partial charge in [0.15, 0.2) is 0 Å². The van der Waals surface area contributed by atoms with E-state index in [0.29, 0.717) is 18.5 Å². The lowest BCUT2D eigenvalue weighted by atomic mass is 9.96. The molecule has 4 heteroatoms. The third-order valence-corrected chi connectivity index (χ3v) is 4.03. The lowest BCUT2D eigenvalue weighted by Gasteiger charge is -2.18. The number of carbonyl (C=O) groups is 2. The number of carboxylic acid groups (broad SMARTS) is 1. The molecular weight excluding hydrogens is 278 g/mol. The maximum atomic E-state index is 12.7. The summed E-state index contributed by atoms with van der Waals surface area (Å²) in [4.78, 5) is 25.1. The van der Waals surface area contributed by atoms with Crippen molar-refractivity contribution in [2.24, 2.45) is 0 Å². The highest BCUT2D eigenvalue weighted by molar-refractivity contribution is 6.07. The minimum Gasteiger partial charge on any atom is -0.550 e. The molecule has 0 bridgehead atoms. The summed E-state index contributed by atoms with van der Waals surface area (Å²) in [6.07, 6.45) is 0.490. The van der Waals surface area contributed by atoms with E-state index in [9.17, 15) is 14.7 Å². The minimum atomic E-state index is -1.05. The zero-order valence-electron chi connectivity index (χ0n) is 12.1. The average molecular weight is 294 g/mol. The first-order valence-corrected chi connectivity index (χ1v) is 7.32. The topological polar surface area (TPSA) is 60.4 Å². The number of aliphatic carboxylic acids is 1. The second-order valence-corrected chi connectivity index (χ2v) is 5.45. The minimum absolute atomic E-state index is 0.00632. The molecule has 2 aromatic rings. The Bertz CT molecular complexity index is 696. The van der Waals surface area contributed by atoms with Crippen LogP contribution in [-0.2, 0) is 4.79 Å². The predicted octanol–water partition coefficient (Wildman–Crippen LogP) is 1.96. The SMILES string of the molecule is O=C([O-])CC[C@@H]1CN(C(=O)c2ccccc2)c2ccccc21. The number of nitrogens with zero attached hydrogens (tertiary/aromatic N) is 1. The van der Waals surface area contributed by atoms with Gasteiger partial charge in [0.25, 0.3) is 5.91 Å². The van der Waals surface area contributed by atoms with Crippen LogP contribution in [0.15, 0.2) is 54.6 Å². The van der Waals surface area contributed by atoms with Crippen molar-refractivity contribution in [3.63, 3.8) is 0 Å². The van der Waals surface area contributed by atoms with Gasteiger partial charge in [-0.1, -0.05) is 36.4 Å². The van der Waals surface area contributed by atoms with Crippen LogP contribution in [0.2, 0.25) is 0 Å². The summed E-state index contributed by atoms with van der Waals surface area (Å²) in [6, 6.07) is 16.8. The summed E-state index contributed by atoms with van der Waals surface area (Å²) in [5, 5.41) is 10.7. The molecule has 0 spiro atoms. The molecule has 0 aromatic heterocycles. The zero-order valence-corrected chi connectivity index (χ0v) is 12.1. The van der Waals surface area contributed by atoms with Crippen molar-refractivity contribution in [2.45, 2.75) is 18.8 Å². The molecule has 1 heterocycles. The number of hydrogen-bond acceptors (Lipinski definition) is 3. The summed E-state index contributed by atoms with van der Waals surface area (Å²) in [5.41, 5.74) is 2.55. The van der Waals surface area contributed by atoms with Gasteiger partial charge in [0, 0.05) is 29.7 Å². The fourth-order valence-corrected chi connectivity index (χ4v) is 2.96. The smallest absolute Gasteiger partial charge is 0.258 e. The average Bonchev–Trinajstić information content (AvgIpc) is 2.92. The predicted molar refractivity (Wildman–Crippen MR) is 81.5 cm³/mol. The van der Waals surface area contributed by atoms with E-state index in [1.165, 1.54) is 0 Å². The first-order chi connectivity index (χ1) is 10.7. The largest absolute Gasteiger partial charge is 0.550 e. The van der Waals surface area contributed by atoms with Crippen LogP contribution in [-0.4, -0.2) is 18.4 Å². The van der Waals surface area contributed by atoms with Crippen molar-refractivity contribution in [3.8, 4) is 0 Å². The summed E-state index contributed by atoms with van der Waals surface area (Å²) >= 11 is 0. The quantitative estimate of drug-likeness (QED) is 0.866. The first-order valence-electron chi connectivity index (χ1n) is 7.32. The van der Waals surface area contributed by atoms with Crippen molar-refractivity contribution in [2.75, 3.05) is 11.4 Å². The molecular formula is C18H16NO3-. The van der Waals surface area contributed by atoms with E-state index in [-0.39, 0.29) is 18.2 Å². The number of rotatable bonds is 4. The van der Waals surface area contributed by atoms with Crippen LogP contribution in [0, 0.1) is 0 Å². The Morgan fingerprint density at radius 1 is 1.05 bits per heavy atom. The van der Waals surface area contributed by atoms with Crippen molar-refractivity contribution in [1.82, 2.24) is 0 Å². The summed E-state index contributed by atoms with van der Waals surface area (Å²) in [7, 11) is 0. The normalized spacial score (nSPS) is 16.4. The Morgan fingerprint density at radius 2 is 1.73 bits per heavy atom. The fraction of sp³-hybridized carbons (Fsp3) is 0.222. The lowest BCUT2D eigenvalue weighted by Crippen LogP contribution is -2.30. The van der Waals surface area contributed by atoms with E-state index in [1.807, 2.05) is 42.5 Å². The van der Waals surface area contributed by atoms with Gasteiger partial charge in [0.1, 0.15) is 0 Å². The highest BCUT2D eigenvalue weighted by Gasteiger charge is 2.32. The van der Waals surface area contributed by atoms with Crippen molar-refractivity contribution in [3.05, 3.63) is 65.7 Å². The number of benzene rings is 2. The lowest BCUT2D eigenvalue weighted by molar-refractivity contribution is -0.305. The molecule has 0 fully saturated rings. The Balaban J connectivity index is 1.88. The molecule has 112 valence electrons. The van der Waals surface area contributed by atoms with Crippen molar-refractivity contribution >= 4 is 17.6 Å². The fourth-order valence-electron chi connectivity index (χ4n) is 2.96. The van der Waals surface area contributed by atoms with Gasteiger partial charge in [-0.2, -0.15) is 0 Å². The molecule has 1 aliphatic rings. The van der Waals surface area contributed by atoms with E-state index >= 15 is 0 Å². The number of anilines is 1. The van der Waals surface area contributed by atoms with Crippen LogP contribution in [0.1, 0.15) is 34.7 Å². The van der Waals surface area contributed by atoms with Crippen molar-refractivity contribution < 1.29 is 14.7 Å². The molecule has 1 aliphatic heterocycles. The van der Waals surface area contributed by atoms with E-state index in [2.05, 4.69) is 0 Å². The molecule has 4 nitrogen and oxygen atoms in total. The Hall–Kier alpha value is -2.62. The molecule has 0 saturated heterocycles. The molecule has 0 N–H and O–H groups in total. The van der Waals surface area contributed by atoms with Crippen molar-refractivity contribution in [1.29, 1.82) is 0 Å². The van der Waals surface area contributed by atoms with E-state index in [4.69, 9.17) is 0 Å². The van der Waals surface area contributed by atoms with Gasteiger partial charge in [0.05, 0.1) is 0 Å². The van der Waals surface area contributed by atoms with Gasteiger partial charge >= 0.3 is 0 Å². The molecule has 1 amide bonds. The standard InChI is InChI=1S/C18H17NO3/c20-17(21)11-10-14-12-19(16-9-5-4-8-15(14)16)18(22)13-6-2-1-3-7-13/h1-9,14H,10-12H2,(H,20,21)/p-1/t14-/m1/s1. The number of fused-ring (bicyclic) bond motifs is 1. The second kappa shape index (κ2) is 6.02. The molecule has 3 rings (SSSR count). The van der Waals surface area contributed by atoms with Gasteiger partial charge in [-0.3, -0.25) is 4.79 Å². The molecule has 0 radical (unpaired) electrons. The maximum absolute atomic E-state index is 12.7. The molecule has 0 saturated carbocycles. The summed E-state index contributed by atoms with van der Waals surface area (Å²) in [6.45, 7) is 0.514. The van der Waals surface area contributed by atoms with E-state index < -0.39 is 5.97 Å². The summed E-state index contributed by atoms with van der Waals surface area (Å²) in [5.74, 6) is -1.06. The molecule has 22 heavy (non-hydrogen) atoms. The van der Waals surface area contributed by atoms with Gasteiger partial charge in [-0.15, -0.1) is 0 Å². The molecule has 1 atom stereocenters. The van der Waals surface area contributed by atoms with Crippen LogP contribution in [0.5, 0.6) is 0 Å². The number of amides is 1. The number of carbonyl (C=O) groups excluding carboxylic acids is 2. The van der Waals surface area contributed by atoms with Gasteiger partial charge < -0.3 is 14.8 Å². The van der Waals surface area contributed by atoms with E-state index in [1.54, 1.807) is 17.0 Å². The number of hydrogen-bond donors (Lipinski definition) is 0. The third kappa shape index (κ3) is 2.72. The first kappa shape index (κ1) is 14.3. The van der Waals surface area contributed by atoms with Crippen LogP contribution in [0.4, 0.5) is 5.69 Å². The van der Waals surface area contributed by atoms with Crippen LogP contribution in [0.25, 0.3) is 0 Å². The summed E-state index contributed by atoms with van der Waals surface area (Å²) < 4.78 is 0. The zero-order chi connectivity index (χ0) is 15.5. The highest BCUT2D eigenvalue weighted by Crippen LogP contribution is 2.39. The second-order valence-electron chi connectivity index (χ2n) is 5.45. The number of carboxylic acids is 1.